The topological polar surface area (TPSA) is 32.7 Å². The van der Waals surface area contributed by atoms with Crippen molar-refractivity contribution in [3.63, 3.8) is 0 Å². The van der Waals surface area contributed by atoms with Crippen molar-refractivity contribution in [1.29, 1.82) is 0 Å². The van der Waals surface area contributed by atoms with Gasteiger partial charge in [0.1, 0.15) is 18.2 Å². The molecular weight excluding hydrogens is 346 g/mol. The highest BCUT2D eigenvalue weighted by Gasteiger charge is 2.28. The Balaban J connectivity index is 0.000000878. The number of fused-ring (bicyclic) bond motifs is 1. The fraction of sp³-hybridized carbons (Fsp3) is 0.600. The van der Waals surface area contributed by atoms with Gasteiger partial charge in [-0.3, -0.25) is 4.90 Å². The quantitative estimate of drug-likeness (QED) is 0.430. The van der Waals surface area contributed by atoms with Gasteiger partial charge in [0, 0.05) is 30.1 Å². The van der Waals surface area contributed by atoms with Crippen LogP contribution in [-0.2, 0) is 6.54 Å². The second-order valence-corrected chi connectivity index (χ2v) is 8.24. The molecule has 0 bridgehead atoms. The molecule has 1 aromatic carbocycles. The van der Waals surface area contributed by atoms with Gasteiger partial charge in [-0.15, -0.1) is 6.58 Å². The minimum atomic E-state index is 0.291. The van der Waals surface area contributed by atoms with Crippen molar-refractivity contribution in [2.75, 3.05) is 13.3 Å². The third-order valence-corrected chi connectivity index (χ3v) is 5.67. The molecule has 0 saturated heterocycles. The van der Waals surface area contributed by atoms with E-state index in [4.69, 9.17) is 4.74 Å². The molecule has 1 heterocycles. The summed E-state index contributed by atoms with van der Waals surface area (Å²) in [6.07, 6.45) is 12.7. The molecule has 1 unspecified atom stereocenters. The highest BCUT2D eigenvalue weighted by atomic mass is 16.5. The normalized spacial score (nSPS) is 19.0. The standard InChI is InChI=1S/C22H33NO2.C3H6/c1-4-5-6-7-11-23-14-19-17(3)13-20(24)21(22(19)25-15-23)18-10-8-9-16(2)12-18;1-3-2/h12-13,18,24H,4-11,14-15H2,1-3H3;3H,1H2,2H3. The number of rotatable bonds is 6. The van der Waals surface area contributed by atoms with Gasteiger partial charge in [-0.05, 0) is 58.1 Å². The molecule has 0 saturated carbocycles. The average molecular weight is 386 g/mol. The largest absolute Gasteiger partial charge is 0.507 e. The molecular formula is C25H39NO2. The molecule has 156 valence electrons. The fourth-order valence-corrected chi connectivity index (χ4v) is 4.22. The lowest BCUT2D eigenvalue weighted by Gasteiger charge is -2.33. The Labute approximate surface area is 172 Å². The zero-order chi connectivity index (χ0) is 20.5. The maximum Gasteiger partial charge on any atom is 0.142 e. The molecule has 1 aliphatic heterocycles. The Morgan fingerprint density at radius 2 is 2.04 bits per heavy atom. The summed E-state index contributed by atoms with van der Waals surface area (Å²) >= 11 is 0. The molecule has 3 rings (SSSR count). The van der Waals surface area contributed by atoms with Gasteiger partial charge >= 0.3 is 0 Å². The Morgan fingerprint density at radius 1 is 1.29 bits per heavy atom. The average Bonchev–Trinajstić information content (AvgIpc) is 2.66. The lowest BCUT2D eigenvalue weighted by molar-refractivity contribution is 0.0913. The first-order valence-corrected chi connectivity index (χ1v) is 11.0. The van der Waals surface area contributed by atoms with E-state index in [0.717, 1.165) is 36.4 Å². The molecule has 1 N–H and O–H groups in total. The van der Waals surface area contributed by atoms with Gasteiger partial charge < -0.3 is 9.84 Å². The van der Waals surface area contributed by atoms with E-state index in [2.05, 4.69) is 38.3 Å². The van der Waals surface area contributed by atoms with E-state index >= 15 is 0 Å². The lowest BCUT2D eigenvalue weighted by atomic mass is 9.83. The highest BCUT2D eigenvalue weighted by Crippen LogP contribution is 2.45. The molecule has 1 atom stereocenters. The number of nitrogens with zero attached hydrogens (tertiary/aromatic N) is 1. The summed E-state index contributed by atoms with van der Waals surface area (Å²) in [6.45, 7) is 14.5. The van der Waals surface area contributed by atoms with Crippen LogP contribution in [0, 0.1) is 6.92 Å². The molecule has 1 aromatic rings. The summed E-state index contributed by atoms with van der Waals surface area (Å²) in [5.41, 5.74) is 4.86. The van der Waals surface area contributed by atoms with Gasteiger partial charge in [0.25, 0.3) is 0 Å². The minimum Gasteiger partial charge on any atom is -0.507 e. The van der Waals surface area contributed by atoms with Crippen LogP contribution in [0.1, 0.15) is 88.3 Å². The molecule has 3 heteroatoms. The summed E-state index contributed by atoms with van der Waals surface area (Å²) in [4.78, 5) is 2.40. The van der Waals surface area contributed by atoms with Crippen LogP contribution in [-0.4, -0.2) is 23.3 Å². The smallest absolute Gasteiger partial charge is 0.142 e. The fourth-order valence-electron chi connectivity index (χ4n) is 4.22. The molecule has 0 spiro atoms. The predicted octanol–water partition coefficient (Wildman–Crippen LogP) is 6.84. The van der Waals surface area contributed by atoms with E-state index in [1.165, 1.54) is 49.7 Å². The summed E-state index contributed by atoms with van der Waals surface area (Å²) in [5.74, 6) is 1.65. The van der Waals surface area contributed by atoms with Crippen LogP contribution in [0.3, 0.4) is 0 Å². The predicted molar refractivity (Wildman–Crippen MR) is 119 cm³/mol. The van der Waals surface area contributed by atoms with Crippen LogP contribution in [0.5, 0.6) is 11.5 Å². The summed E-state index contributed by atoms with van der Waals surface area (Å²) in [7, 11) is 0. The van der Waals surface area contributed by atoms with Crippen LogP contribution < -0.4 is 4.74 Å². The number of benzene rings is 1. The van der Waals surface area contributed by atoms with Gasteiger partial charge in [0.2, 0.25) is 0 Å². The zero-order valence-corrected chi connectivity index (χ0v) is 18.4. The van der Waals surface area contributed by atoms with Crippen molar-refractivity contribution in [2.24, 2.45) is 0 Å². The number of hydrogen-bond acceptors (Lipinski definition) is 3. The maximum absolute atomic E-state index is 10.6. The van der Waals surface area contributed by atoms with Crippen molar-refractivity contribution in [3.8, 4) is 11.5 Å². The third kappa shape index (κ3) is 5.88. The number of hydrogen-bond donors (Lipinski definition) is 1. The van der Waals surface area contributed by atoms with Crippen LogP contribution in [0.25, 0.3) is 0 Å². The van der Waals surface area contributed by atoms with Gasteiger partial charge in [-0.2, -0.15) is 0 Å². The van der Waals surface area contributed by atoms with Crippen molar-refractivity contribution >= 4 is 0 Å². The Bertz CT molecular complexity index is 678. The first-order valence-electron chi connectivity index (χ1n) is 11.0. The number of phenolic OH excluding ortho intramolecular Hbond substituents is 1. The molecule has 3 nitrogen and oxygen atoms in total. The highest BCUT2D eigenvalue weighted by molar-refractivity contribution is 5.57. The Morgan fingerprint density at radius 3 is 2.71 bits per heavy atom. The second kappa shape index (κ2) is 11.3. The SMILES string of the molecule is C=CC.CCCCCCN1COc2c(c(C)cc(O)c2C2C=C(C)CCC2)C1. The molecule has 0 radical (unpaired) electrons. The maximum atomic E-state index is 10.6. The van der Waals surface area contributed by atoms with Gasteiger partial charge in [-0.25, -0.2) is 0 Å². The second-order valence-electron chi connectivity index (χ2n) is 8.24. The van der Waals surface area contributed by atoms with Crippen molar-refractivity contribution in [2.45, 2.75) is 85.1 Å². The van der Waals surface area contributed by atoms with E-state index in [-0.39, 0.29) is 0 Å². The van der Waals surface area contributed by atoms with Gasteiger partial charge in [0.15, 0.2) is 0 Å². The van der Waals surface area contributed by atoms with E-state index in [0.29, 0.717) is 18.4 Å². The van der Waals surface area contributed by atoms with E-state index < -0.39 is 0 Å². The number of unbranched alkanes of at least 4 members (excludes halogenated alkanes) is 3. The van der Waals surface area contributed by atoms with Crippen LogP contribution in [0.4, 0.5) is 0 Å². The number of aromatic hydroxyl groups is 1. The summed E-state index contributed by atoms with van der Waals surface area (Å²) in [6, 6.07) is 1.94. The molecule has 0 amide bonds. The van der Waals surface area contributed by atoms with Gasteiger partial charge in [0.05, 0.1) is 0 Å². The minimum absolute atomic E-state index is 0.291. The summed E-state index contributed by atoms with van der Waals surface area (Å²) in [5, 5.41) is 10.6. The molecule has 0 fully saturated rings. The first kappa shape index (κ1) is 22.5. The van der Waals surface area contributed by atoms with Crippen molar-refractivity contribution in [3.05, 3.63) is 47.1 Å². The number of aryl methyl sites for hydroxylation is 1. The third-order valence-electron chi connectivity index (χ3n) is 5.67. The van der Waals surface area contributed by atoms with Crippen LogP contribution in [0.15, 0.2) is 30.4 Å². The van der Waals surface area contributed by atoms with Crippen LogP contribution in [0.2, 0.25) is 0 Å². The van der Waals surface area contributed by atoms with Crippen molar-refractivity contribution in [1.82, 2.24) is 4.90 Å². The number of ether oxygens (including phenoxy) is 1. The van der Waals surface area contributed by atoms with Gasteiger partial charge in [-0.1, -0.05) is 43.9 Å². The molecule has 2 aliphatic rings. The lowest BCUT2D eigenvalue weighted by Crippen LogP contribution is -2.34. The van der Waals surface area contributed by atoms with Crippen molar-refractivity contribution < 1.29 is 9.84 Å². The Hall–Kier alpha value is -1.74. The summed E-state index contributed by atoms with van der Waals surface area (Å²) < 4.78 is 6.21. The molecule has 0 aromatic heterocycles. The van der Waals surface area contributed by atoms with E-state index in [9.17, 15) is 5.11 Å². The van der Waals surface area contributed by atoms with Crippen LogP contribution >= 0.6 is 0 Å². The van der Waals surface area contributed by atoms with E-state index in [1.807, 2.05) is 13.0 Å². The number of allylic oxidation sites excluding steroid dienone is 3. The first-order chi connectivity index (χ1) is 13.5. The monoisotopic (exact) mass is 385 g/mol. The Kier molecular flexibility index (Phi) is 9.11. The number of phenols is 1. The molecule has 28 heavy (non-hydrogen) atoms. The van der Waals surface area contributed by atoms with E-state index in [1.54, 1.807) is 6.08 Å². The molecule has 1 aliphatic carbocycles. The zero-order valence-electron chi connectivity index (χ0n) is 18.4.